The van der Waals surface area contributed by atoms with Gasteiger partial charge in [0.1, 0.15) is 5.69 Å². The average Bonchev–Trinajstić information content (AvgIpc) is 3.26. The molecule has 0 radical (unpaired) electrons. The number of benzene rings is 2. The van der Waals surface area contributed by atoms with Crippen LogP contribution in [0.25, 0.3) is 16.9 Å². The SMILES string of the molecule is COC(/C=C(\OC)N1CCOCC1)=Nc1nn(-c2ccc(Br)cc2)nc1-c1ccc(Cl)cc1. The van der Waals surface area contributed by atoms with Gasteiger partial charge in [-0.05, 0) is 36.4 Å². The molecule has 2 heterocycles. The van der Waals surface area contributed by atoms with Crippen molar-refractivity contribution in [2.24, 2.45) is 4.99 Å². The second-order valence-electron chi connectivity index (χ2n) is 7.09. The normalized spacial score (nSPS) is 15.0. The van der Waals surface area contributed by atoms with Crippen LogP contribution in [-0.4, -0.2) is 66.3 Å². The summed E-state index contributed by atoms with van der Waals surface area (Å²) < 4.78 is 17.5. The van der Waals surface area contributed by atoms with Gasteiger partial charge in [-0.15, -0.1) is 15.0 Å². The zero-order chi connectivity index (χ0) is 23.2. The molecule has 1 fully saturated rings. The number of ether oxygens (including phenoxy) is 3. The van der Waals surface area contributed by atoms with Gasteiger partial charge in [-0.25, -0.2) is 0 Å². The van der Waals surface area contributed by atoms with Gasteiger partial charge in [0.15, 0.2) is 5.88 Å². The van der Waals surface area contributed by atoms with Crippen molar-refractivity contribution in [3.8, 4) is 16.9 Å². The van der Waals surface area contributed by atoms with Gasteiger partial charge in [-0.1, -0.05) is 39.7 Å². The highest BCUT2D eigenvalue weighted by molar-refractivity contribution is 9.10. The van der Waals surface area contributed by atoms with Crippen LogP contribution in [0, 0.1) is 0 Å². The number of aromatic nitrogens is 3. The van der Waals surface area contributed by atoms with E-state index in [1.54, 1.807) is 25.1 Å². The van der Waals surface area contributed by atoms with E-state index in [0.717, 1.165) is 28.8 Å². The van der Waals surface area contributed by atoms with Crippen molar-refractivity contribution in [1.82, 2.24) is 19.9 Å². The summed E-state index contributed by atoms with van der Waals surface area (Å²) in [4.78, 5) is 8.29. The molecule has 0 N–H and O–H groups in total. The second-order valence-corrected chi connectivity index (χ2v) is 8.44. The maximum atomic E-state index is 6.08. The molecule has 3 aromatic rings. The van der Waals surface area contributed by atoms with Gasteiger partial charge >= 0.3 is 0 Å². The highest BCUT2D eigenvalue weighted by atomic mass is 79.9. The lowest BCUT2D eigenvalue weighted by Gasteiger charge is -2.29. The Labute approximate surface area is 205 Å². The Kier molecular flexibility index (Phi) is 7.64. The van der Waals surface area contributed by atoms with Crippen LogP contribution in [0.2, 0.25) is 5.02 Å². The molecule has 0 atom stereocenters. The van der Waals surface area contributed by atoms with E-state index in [4.69, 9.17) is 30.9 Å². The molecule has 10 heteroatoms. The third kappa shape index (κ3) is 5.73. The Morgan fingerprint density at radius 3 is 2.36 bits per heavy atom. The largest absolute Gasteiger partial charge is 0.482 e. The highest BCUT2D eigenvalue weighted by Gasteiger charge is 2.18. The van der Waals surface area contributed by atoms with E-state index in [2.05, 4.69) is 30.9 Å². The van der Waals surface area contributed by atoms with Crippen molar-refractivity contribution in [3.05, 3.63) is 70.0 Å². The number of aliphatic imine (C=N–C) groups is 1. The molecule has 2 aromatic carbocycles. The molecule has 172 valence electrons. The number of morpholine rings is 1. The number of hydrogen-bond donors (Lipinski definition) is 0. The Hall–Kier alpha value is -2.88. The van der Waals surface area contributed by atoms with Crippen LogP contribution in [-0.2, 0) is 14.2 Å². The molecule has 0 amide bonds. The molecular weight excluding hydrogens is 510 g/mol. The summed E-state index contributed by atoms with van der Waals surface area (Å²) in [5.74, 6) is 1.40. The Balaban J connectivity index is 1.76. The van der Waals surface area contributed by atoms with Crippen LogP contribution < -0.4 is 0 Å². The summed E-state index contributed by atoms with van der Waals surface area (Å²) in [6, 6.07) is 15.1. The first-order valence-electron chi connectivity index (χ1n) is 10.3. The fourth-order valence-electron chi connectivity index (χ4n) is 3.27. The number of halogens is 2. The number of hydrogen-bond acceptors (Lipinski definition) is 7. The molecule has 0 spiro atoms. The molecular formula is C23H23BrClN5O3. The lowest BCUT2D eigenvalue weighted by molar-refractivity contribution is 0.0235. The molecule has 0 saturated carbocycles. The van der Waals surface area contributed by atoms with Gasteiger partial charge in [-0.3, -0.25) is 0 Å². The lowest BCUT2D eigenvalue weighted by Crippen LogP contribution is -2.36. The Morgan fingerprint density at radius 1 is 1.03 bits per heavy atom. The first-order chi connectivity index (χ1) is 16.1. The summed E-state index contributed by atoms with van der Waals surface area (Å²) in [7, 11) is 3.18. The first-order valence-corrected chi connectivity index (χ1v) is 11.4. The average molecular weight is 533 g/mol. The molecule has 4 rings (SSSR count). The summed E-state index contributed by atoms with van der Waals surface area (Å²) in [6.45, 7) is 2.74. The van der Waals surface area contributed by atoms with Crippen molar-refractivity contribution in [2.45, 2.75) is 0 Å². The van der Waals surface area contributed by atoms with Crippen LogP contribution in [0.1, 0.15) is 0 Å². The highest BCUT2D eigenvalue weighted by Crippen LogP contribution is 2.29. The lowest BCUT2D eigenvalue weighted by atomic mass is 10.1. The number of rotatable bonds is 6. The van der Waals surface area contributed by atoms with Crippen molar-refractivity contribution in [2.75, 3.05) is 40.5 Å². The number of methoxy groups -OCH3 is 2. The maximum Gasteiger partial charge on any atom is 0.220 e. The summed E-state index contributed by atoms with van der Waals surface area (Å²) >= 11 is 9.53. The predicted molar refractivity (Wildman–Crippen MR) is 131 cm³/mol. The summed E-state index contributed by atoms with van der Waals surface area (Å²) in [5.41, 5.74) is 2.24. The molecule has 0 bridgehead atoms. The van der Waals surface area contributed by atoms with Gasteiger partial charge in [0.05, 0.1) is 39.2 Å². The van der Waals surface area contributed by atoms with E-state index in [-0.39, 0.29) is 0 Å². The first kappa shape index (κ1) is 23.3. The van der Waals surface area contributed by atoms with Crippen molar-refractivity contribution in [3.63, 3.8) is 0 Å². The Bertz CT molecular complexity index is 1140. The van der Waals surface area contributed by atoms with Crippen molar-refractivity contribution < 1.29 is 14.2 Å². The van der Waals surface area contributed by atoms with Crippen LogP contribution in [0.4, 0.5) is 5.82 Å². The van der Waals surface area contributed by atoms with Gasteiger partial charge in [0.25, 0.3) is 0 Å². The van der Waals surface area contributed by atoms with E-state index in [9.17, 15) is 0 Å². The molecule has 8 nitrogen and oxygen atoms in total. The minimum atomic E-state index is 0.344. The molecule has 1 aliphatic heterocycles. The van der Waals surface area contributed by atoms with Crippen molar-refractivity contribution in [1.29, 1.82) is 0 Å². The number of nitrogens with zero attached hydrogens (tertiary/aromatic N) is 5. The molecule has 33 heavy (non-hydrogen) atoms. The van der Waals surface area contributed by atoms with Crippen LogP contribution in [0.5, 0.6) is 0 Å². The van der Waals surface area contributed by atoms with E-state index >= 15 is 0 Å². The van der Waals surface area contributed by atoms with Crippen molar-refractivity contribution >= 4 is 39.2 Å². The van der Waals surface area contributed by atoms with E-state index in [1.807, 2.05) is 48.5 Å². The fraction of sp³-hybridized carbons (Fsp3) is 0.261. The molecule has 0 unspecified atom stereocenters. The minimum Gasteiger partial charge on any atom is -0.482 e. The van der Waals surface area contributed by atoms with Gasteiger partial charge in [0.2, 0.25) is 11.7 Å². The van der Waals surface area contributed by atoms with Crippen LogP contribution in [0.3, 0.4) is 0 Å². The molecule has 1 aromatic heterocycles. The van der Waals surface area contributed by atoms with Gasteiger partial charge < -0.3 is 19.1 Å². The summed E-state index contributed by atoms with van der Waals surface area (Å²) in [6.07, 6.45) is 1.75. The predicted octanol–water partition coefficient (Wildman–Crippen LogP) is 4.85. The zero-order valence-electron chi connectivity index (χ0n) is 18.2. The van der Waals surface area contributed by atoms with E-state index in [0.29, 0.717) is 41.5 Å². The minimum absolute atomic E-state index is 0.344. The quantitative estimate of drug-likeness (QED) is 0.257. The molecule has 0 aliphatic carbocycles. The summed E-state index contributed by atoms with van der Waals surface area (Å²) in [5, 5.41) is 9.96. The van der Waals surface area contributed by atoms with Gasteiger partial charge in [0, 0.05) is 28.1 Å². The molecule has 1 aliphatic rings. The monoisotopic (exact) mass is 531 g/mol. The molecule has 1 saturated heterocycles. The van der Waals surface area contributed by atoms with Crippen LogP contribution >= 0.6 is 27.5 Å². The maximum absolute atomic E-state index is 6.08. The second kappa shape index (κ2) is 10.8. The fourth-order valence-corrected chi connectivity index (χ4v) is 3.66. The third-order valence-electron chi connectivity index (χ3n) is 4.98. The third-order valence-corrected chi connectivity index (χ3v) is 5.76. The van der Waals surface area contributed by atoms with Crippen LogP contribution in [0.15, 0.2) is 70.0 Å². The van der Waals surface area contributed by atoms with Gasteiger partial charge in [-0.2, -0.15) is 4.99 Å². The van der Waals surface area contributed by atoms with E-state index < -0.39 is 0 Å². The smallest absolute Gasteiger partial charge is 0.220 e. The topological polar surface area (TPSA) is 74.0 Å². The van der Waals surface area contributed by atoms with E-state index in [1.165, 1.54) is 0 Å². The zero-order valence-corrected chi connectivity index (χ0v) is 20.6. The standard InChI is InChI=1S/C23H23BrClN5O3/c1-31-20(15-21(32-2)29-11-13-33-14-12-29)26-23-22(16-3-7-18(25)8-4-16)27-30(28-23)19-9-5-17(24)6-10-19/h3-10,15H,11-14H2,1-2H3/b21-15-,26-20?. The Morgan fingerprint density at radius 2 is 1.73 bits per heavy atom.